The normalized spacial score (nSPS) is 13.8. The predicted molar refractivity (Wildman–Crippen MR) is 140 cm³/mol. The van der Waals surface area contributed by atoms with Crippen LogP contribution in [0.4, 0.5) is 5.82 Å². The summed E-state index contributed by atoms with van der Waals surface area (Å²) in [6.07, 6.45) is 3.70. The summed E-state index contributed by atoms with van der Waals surface area (Å²) in [4.78, 5) is 15.3. The summed E-state index contributed by atoms with van der Waals surface area (Å²) in [6, 6.07) is 12.4. The standard InChI is InChI=1S/C24H23Cl2N9O3/c25-17-6-5-16(19(26)11-17)14-37-18-7-3-15(4-8-18)12-28-30-24(36)21-20(13-34-9-1-2-10-34)29-33-35(21)23-22(27)31-38-32-23/h3-8,11-12H,1-2,9-10,13-14H2,(H2,27,31)(H,30,36). The number of amides is 1. The number of benzene rings is 2. The molecule has 4 aromatic rings. The molecule has 12 nitrogen and oxygen atoms in total. The van der Waals surface area contributed by atoms with Crippen molar-refractivity contribution < 1.29 is 14.2 Å². The summed E-state index contributed by atoms with van der Waals surface area (Å²) in [5, 5.41) is 20.8. The number of carbonyl (C=O) groups excluding carboxylic acids is 1. The number of nitrogens with zero attached hydrogens (tertiary/aromatic N) is 7. The lowest BCUT2D eigenvalue weighted by Crippen LogP contribution is -2.26. The third kappa shape index (κ3) is 5.93. The van der Waals surface area contributed by atoms with E-state index >= 15 is 0 Å². The van der Waals surface area contributed by atoms with E-state index in [0.717, 1.165) is 37.1 Å². The van der Waals surface area contributed by atoms with Crippen LogP contribution in [0.1, 0.15) is 40.2 Å². The third-order valence-corrected chi connectivity index (χ3v) is 6.48. The SMILES string of the molecule is Nc1nonc1-n1nnc(CN2CCCC2)c1C(=O)NN=Cc1ccc(OCc2ccc(Cl)cc2Cl)cc1. The van der Waals surface area contributed by atoms with Crippen molar-refractivity contribution in [3.8, 4) is 11.6 Å². The van der Waals surface area contributed by atoms with Crippen LogP contribution in [-0.2, 0) is 13.2 Å². The molecule has 1 fully saturated rings. The Morgan fingerprint density at radius 3 is 2.66 bits per heavy atom. The summed E-state index contributed by atoms with van der Waals surface area (Å²) in [7, 11) is 0. The second-order valence-corrected chi connectivity index (χ2v) is 9.39. The number of nitrogen functional groups attached to an aromatic ring is 1. The lowest BCUT2D eigenvalue weighted by molar-refractivity contribution is 0.0945. The summed E-state index contributed by atoms with van der Waals surface area (Å²) >= 11 is 12.1. The summed E-state index contributed by atoms with van der Waals surface area (Å²) in [5.41, 5.74) is 10.5. The van der Waals surface area contributed by atoms with Gasteiger partial charge in [0, 0.05) is 22.2 Å². The van der Waals surface area contributed by atoms with E-state index in [1.807, 2.05) is 6.07 Å². The highest BCUT2D eigenvalue weighted by atomic mass is 35.5. The van der Waals surface area contributed by atoms with Crippen molar-refractivity contribution in [3.05, 3.63) is 75.0 Å². The maximum Gasteiger partial charge on any atom is 0.292 e. The number of nitrogens with two attached hydrogens (primary N) is 1. The first kappa shape index (κ1) is 25.6. The van der Waals surface area contributed by atoms with E-state index in [1.54, 1.807) is 36.4 Å². The van der Waals surface area contributed by atoms with Crippen molar-refractivity contribution in [1.82, 2.24) is 35.6 Å². The molecule has 1 aliphatic rings. The zero-order chi connectivity index (χ0) is 26.5. The molecule has 1 saturated heterocycles. The van der Waals surface area contributed by atoms with Gasteiger partial charge >= 0.3 is 0 Å². The smallest absolute Gasteiger partial charge is 0.292 e. The zero-order valence-electron chi connectivity index (χ0n) is 20.0. The Hall–Kier alpha value is -4.00. The molecular formula is C24H23Cl2N9O3. The van der Waals surface area contributed by atoms with Gasteiger partial charge in [-0.2, -0.15) is 9.78 Å². The molecule has 14 heteroatoms. The van der Waals surface area contributed by atoms with Crippen LogP contribution in [0, 0.1) is 0 Å². The number of nitrogens with one attached hydrogen (secondary N) is 1. The number of carbonyl (C=O) groups is 1. The van der Waals surface area contributed by atoms with Crippen molar-refractivity contribution in [3.63, 3.8) is 0 Å². The van der Waals surface area contributed by atoms with E-state index in [2.05, 4.69) is 40.7 Å². The zero-order valence-corrected chi connectivity index (χ0v) is 21.6. The fourth-order valence-corrected chi connectivity index (χ4v) is 4.42. The van der Waals surface area contributed by atoms with Crippen LogP contribution in [0.2, 0.25) is 10.0 Å². The maximum atomic E-state index is 13.1. The molecule has 3 N–H and O–H groups in total. The highest BCUT2D eigenvalue weighted by molar-refractivity contribution is 6.35. The van der Waals surface area contributed by atoms with Crippen LogP contribution in [0.3, 0.4) is 0 Å². The average Bonchev–Trinajstić information content (AvgIpc) is 3.66. The molecule has 0 atom stereocenters. The fourth-order valence-electron chi connectivity index (χ4n) is 3.95. The van der Waals surface area contributed by atoms with Gasteiger partial charge in [0.2, 0.25) is 11.6 Å². The number of anilines is 1. The number of aromatic nitrogens is 5. The molecule has 2 aromatic carbocycles. The molecule has 5 rings (SSSR count). The number of hydrogen-bond donors (Lipinski definition) is 2. The Morgan fingerprint density at radius 1 is 1.16 bits per heavy atom. The van der Waals surface area contributed by atoms with Crippen molar-refractivity contribution in [1.29, 1.82) is 0 Å². The summed E-state index contributed by atoms with van der Waals surface area (Å²) in [6.45, 7) is 2.60. The first-order valence-corrected chi connectivity index (χ1v) is 12.5. The Bertz CT molecular complexity index is 1450. The van der Waals surface area contributed by atoms with Crippen LogP contribution in [0.15, 0.2) is 52.2 Å². The van der Waals surface area contributed by atoms with Gasteiger partial charge in [0.1, 0.15) is 18.1 Å². The Kier molecular flexibility index (Phi) is 7.82. The van der Waals surface area contributed by atoms with Gasteiger partial charge in [0.05, 0.1) is 6.21 Å². The molecule has 38 heavy (non-hydrogen) atoms. The minimum atomic E-state index is -0.525. The number of ether oxygens (including phenoxy) is 1. The van der Waals surface area contributed by atoms with Crippen molar-refractivity contribution >= 4 is 41.1 Å². The van der Waals surface area contributed by atoms with Crippen LogP contribution < -0.4 is 15.9 Å². The number of likely N-dealkylation sites (tertiary alicyclic amines) is 1. The quantitative estimate of drug-likeness (QED) is 0.233. The fraction of sp³-hybridized carbons (Fsp3) is 0.250. The van der Waals surface area contributed by atoms with E-state index in [-0.39, 0.29) is 17.3 Å². The van der Waals surface area contributed by atoms with E-state index in [1.165, 1.54) is 10.9 Å². The van der Waals surface area contributed by atoms with Gasteiger partial charge in [-0.25, -0.2) is 10.1 Å². The van der Waals surface area contributed by atoms with E-state index in [9.17, 15) is 4.79 Å². The first-order valence-electron chi connectivity index (χ1n) is 11.7. The second kappa shape index (κ2) is 11.6. The first-order chi connectivity index (χ1) is 18.5. The number of hydrazone groups is 1. The molecule has 3 heterocycles. The molecule has 0 radical (unpaired) electrons. The Labute approximate surface area is 227 Å². The molecule has 0 bridgehead atoms. The van der Waals surface area contributed by atoms with Crippen LogP contribution in [-0.4, -0.2) is 55.4 Å². The Balaban J connectivity index is 1.24. The molecule has 0 saturated carbocycles. The van der Waals surface area contributed by atoms with Crippen LogP contribution in [0.5, 0.6) is 5.75 Å². The summed E-state index contributed by atoms with van der Waals surface area (Å²) < 4.78 is 11.7. The largest absolute Gasteiger partial charge is 0.489 e. The minimum Gasteiger partial charge on any atom is -0.489 e. The van der Waals surface area contributed by atoms with Gasteiger partial charge in [-0.3, -0.25) is 9.69 Å². The minimum absolute atomic E-state index is 0.0131. The number of rotatable bonds is 9. The Morgan fingerprint density at radius 2 is 1.95 bits per heavy atom. The monoisotopic (exact) mass is 555 g/mol. The molecule has 1 amide bonds. The van der Waals surface area contributed by atoms with E-state index in [0.29, 0.717) is 34.6 Å². The maximum absolute atomic E-state index is 13.1. The predicted octanol–water partition coefficient (Wildman–Crippen LogP) is 3.48. The summed E-state index contributed by atoms with van der Waals surface area (Å²) in [5.74, 6) is 0.191. The van der Waals surface area contributed by atoms with Gasteiger partial charge in [-0.1, -0.05) is 34.5 Å². The highest BCUT2D eigenvalue weighted by Gasteiger charge is 2.26. The van der Waals surface area contributed by atoms with Crippen molar-refractivity contribution in [2.45, 2.75) is 26.0 Å². The number of hydrogen-bond acceptors (Lipinski definition) is 10. The molecular weight excluding hydrogens is 533 g/mol. The second-order valence-electron chi connectivity index (χ2n) is 8.55. The van der Waals surface area contributed by atoms with E-state index < -0.39 is 5.91 Å². The van der Waals surface area contributed by atoms with Gasteiger partial charge < -0.3 is 10.5 Å². The number of halogens is 2. The topological polar surface area (TPSA) is 150 Å². The molecule has 0 spiro atoms. The average molecular weight is 556 g/mol. The van der Waals surface area contributed by atoms with E-state index in [4.69, 9.17) is 33.7 Å². The molecule has 2 aromatic heterocycles. The van der Waals surface area contributed by atoms with Gasteiger partial charge in [0.15, 0.2) is 5.69 Å². The van der Waals surface area contributed by atoms with Crippen LogP contribution in [0.25, 0.3) is 5.82 Å². The third-order valence-electron chi connectivity index (χ3n) is 5.89. The molecule has 0 aliphatic carbocycles. The van der Waals surface area contributed by atoms with Gasteiger partial charge in [-0.05, 0) is 78.2 Å². The van der Waals surface area contributed by atoms with Gasteiger partial charge in [-0.15, -0.1) is 5.10 Å². The van der Waals surface area contributed by atoms with Crippen LogP contribution >= 0.6 is 23.2 Å². The molecule has 196 valence electrons. The molecule has 0 unspecified atom stereocenters. The lowest BCUT2D eigenvalue weighted by Gasteiger charge is -2.13. The highest BCUT2D eigenvalue weighted by Crippen LogP contribution is 2.23. The van der Waals surface area contributed by atoms with Gasteiger partial charge in [0.25, 0.3) is 5.91 Å². The van der Waals surface area contributed by atoms with Crippen molar-refractivity contribution in [2.75, 3.05) is 18.8 Å². The van der Waals surface area contributed by atoms with Crippen molar-refractivity contribution in [2.24, 2.45) is 5.10 Å². The lowest BCUT2D eigenvalue weighted by atomic mass is 10.2. The molecule has 1 aliphatic heterocycles.